The van der Waals surface area contributed by atoms with Crippen molar-refractivity contribution in [1.29, 1.82) is 0 Å². The van der Waals surface area contributed by atoms with E-state index in [9.17, 15) is 14.6 Å². The Morgan fingerprint density at radius 2 is 2.30 bits per heavy atom. The van der Waals surface area contributed by atoms with Crippen LogP contribution in [0.3, 0.4) is 0 Å². The minimum Gasteiger partial charge on any atom is -0.388 e. The Labute approximate surface area is 130 Å². The number of nitrogens with zero attached hydrogens (tertiary/aromatic N) is 4. The molecule has 0 bridgehead atoms. The molecule has 0 saturated carbocycles. The molecule has 0 amide bonds. The number of phosphoric acid groups is 1. The van der Waals surface area contributed by atoms with E-state index in [1.807, 2.05) is 0 Å². The van der Waals surface area contributed by atoms with Crippen LogP contribution in [0.1, 0.15) is 12.6 Å². The molecule has 1 saturated heterocycles. The van der Waals surface area contributed by atoms with Crippen molar-refractivity contribution in [1.82, 2.24) is 19.5 Å². The zero-order chi connectivity index (χ0) is 16.6. The summed E-state index contributed by atoms with van der Waals surface area (Å²) in [4.78, 5) is 21.3. The molecular formula is C11H16N5O6P. The van der Waals surface area contributed by atoms with Crippen LogP contribution >= 0.6 is 7.82 Å². The number of nitrogens with two attached hydrogens (primary N) is 1. The van der Waals surface area contributed by atoms with Crippen molar-refractivity contribution in [3.05, 3.63) is 12.7 Å². The van der Waals surface area contributed by atoms with E-state index >= 15 is 0 Å². The van der Waals surface area contributed by atoms with Gasteiger partial charge >= 0.3 is 7.82 Å². The van der Waals surface area contributed by atoms with E-state index in [0.717, 1.165) is 7.11 Å². The van der Waals surface area contributed by atoms with Crippen molar-refractivity contribution >= 4 is 24.8 Å². The van der Waals surface area contributed by atoms with Crippen molar-refractivity contribution < 1.29 is 28.3 Å². The summed E-state index contributed by atoms with van der Waals surface area (Å²) in [7, 11) is -3.02. The number of aromatic nitrogens is 4. The third kappa shape index (κ3) is 3.20. The van der Waals surface area contributed by atoms with E-state index in [1.165, 1.54) is 17.2 Å². The maximum Gasteiger partial charge on any atom is 0.472 e. The monoisotopic (exact) mass is 345 g/mol. The molecule has 23 heavy (non-hydrogen) atoms. The van der Waals surface area contributed by atoms with Crippen LogP contribution in [-0.4, -0.2) is 55.4 Å². The van der Waals surface area contributed by atoms with Gasteiger partial charge in [0.05, 0.1) is 19.0 Å². The van der Waals surface area contributed by atoms with E-state index in [4.69, 9.17) is 15.0 Å². The maximum absolute atomic E-state index is 11.3. The zero-order valence-electron chi connectivity index (χ0n) is 12.1. The van der Waals surface area contributed by atoms with E-state index in [1.54, 1.807) is 0 Å². The van der Waals surface area contributed by atoms with E-state index in [0.29, 0.717) is 11.2 Å². The van der Waals surface area contributed by atoms with Crippen LogP contribution in [0.4, 0.5) is 5.82 Å². The lowest BCUT2D eigenvalue weighted by molar-refractivity contribution is -0.0485. The number of hydrogen-bond acceptors (Lipinski definition) is 9. The minimum atomic E-state index is -4.09. The molecule has 2 aromatic rings. The molecule has 0 aliphatic carbocycles. The van der Waals surface area contributed by atoms with Gasteiger partial charge in [0.1, 0.15) is 17.9 Å². The van der Waals surface area contributed by atoms with E-state index in [-0.39, 0.29) is 18.8 Å². The number of fused-ring (bicyclic) bond motifs is 1. The third-order valence-corrected chi connectivity index (χ3v) is 4.42. The van der Waals surface area contributed by atoms with Gasteiger partial charge in [-0.15, -0.1) is 0 Å². The highest BCUT2D eigenvalue weighted by Gasteiger charge is 2.37. The summed E-state index contributed by atoms with van der Waals surface area (Å²) in [6, 6.07) is 0. The number of anilines is 1. The van der Waals surface area contributed by atoms with Gasteiger partial charge in [-0.25, -0.2) is 19.5 Å². The fraction of sp³-hybridized carbons (Fsp3) is 0.545. The number of rotatable bonds is 5. The van der Waals surface area contributed by atoms with Gasteiger partial charge in [-0.2, -0.15) is 0 Å². The molecule has 0 spiro atoms. The largest absolute Gasteiger partial charge is 0.472 e. The highest BCUT2D eigenvalue weighted by molar-refractivity contribution is 7.47. The zero-order valence-corrected chi connectivity index (χ0v) is 13.0. The predicted molar refractivity (Wildman–Crippen MR) is 77.1 cm³/mol. The van der Waals surface area contributed by atoms with E-state index in [2.05, 4.69) is 19.5 Å². The fourth-order valence-corrected chi connectivity index (χ4v) is 2.83. The van der Waals surface area contributed by atoms with Gasteiger partial charge in [-0.05, 0) is 0 Å². The minimum absolute atomic E-state index is 0.196. The third-order valence-electron chi connectivity index (χ3n) is 3.48. The van der Waals surface area contributed by atoms with Gasteiger partial charge in [-0.3, -0.25) is 13.6 Å². The van der Waals surface area contributed by atoms with Crippen molar-refractivity contribution in [2.75, 3.05) is 19.5 Å². The predicted octanol–water partition coefficient (Wildman–Crippen LogP) is -0.180. The molecule has 3 rings (SSSR count). The summed E-state index contributed by atoms with van der Waals surface area (Å²) in [5.74, 6) is 0.224. The molecule has 1 fully saturated rings. The molecule has 3 heterocycles. The van der Waals surface area contributed by atoms with Crippen molar-refractivity contribution in [3.8, 4) is 0 Å². The summed E-state index contributed by atoms with van der Waals surface area (Å²) in [6.07, 6.45) is 0.745. The molecule has 0 radical (unpaired) electrons. The first-order chi connectivity index (χ1) is 10.9. The average molecular weight is 345 g/mol. The molecule has 12 heteroatoms. The number of phosphoric ester groups is 1. The molecule has 1 aliphatic rings. The topological polar surface area (TPSA) is 155 Å². The average Bonchev–Trinajstić information content (AvgIpc) is 3.09. The van der Waals surface area contributed by atoms with Gasteiger partial charge in [0.25, 0.3) is 0 Å². The van der Waals surface area contributed by atoms with Gasteiger partial charge in [0.15, 0.2) is 17.7 Å². The number of hydrogen-bond donors (Lipinski definition) is 3. The Morgan fingerprint density at radius 1 is 1.52 bits per heavy atom. The summed E-state index contributed by atoms with van der Waals surface area (Å²) in [5.41, 5.74) is 6.55. The Morgan fingerprint density at radius 3 is 3.04 bits per heavy atom. The summed E-state index contributed by atoms with van der Waals surface area (Å²) in [5, 5.41) is 10.2. The van der Waals surface area contributed by atoms with Crippen LogP contribution in [0.25, 0.3) is 11.2 Å². The first kappa shape index (κ1) is 16.2. The molecule has 2 aromatic heterocycles. The second kappa shape index (κ2) is 6.11. The van der Waals surface area contributed by atoms with Crippen molar-refractivity contribution in [2.24, 2.45) is 0 Å². The molecule has 4 N–H and O–H groups in total. The van der Waals surface area contributed by atoms with Gasteiger partial charge in [0.2, 0.25) is 0 Å². The highest BCUT2D eigenvalue weighted by Crippen LogP contribution is 2.43. The molecule has 2 unspecified atom stereocenters. The summed E-state index contributed by atoms with van der Waals surface area (Å²) < 4.78 is 27.6. The fourth-order valence-electron chi connectivity index (χ4n) is 2.37. The van der Waals surface area contributed by atoms with Crippen LogP contribution in [-0.2, 0) is 18.3 Å². The van der Waals surface area contributed by atoms with Crippen LogP contribution in [0, 0.1) is 0 Å². The number of imidazole rings is 1. The Hall–Kier alpha value is -1.62. The number of aliphatic hydroxyl groups is 1. The lowest BCUT2D eigenvalue weighted by atomic mass is 10.2. The quantitative estimate of drug-likeness (QED) is 0.621. The summed E-state index contributed by atoms with van der Waals surface area (Å²) >= 11 is 0. The van der Waals surface area contributed by atoms with Crippen LogP contribution in [0.5, 0.6) is 0 Å². The lowest BCUT2D eigenvalue weighted by Crippen LogP contribution is -2.19. The molecular weight excluding hydrogens is 329 g/mol. The second-order valence-corrected chi connectivity index (χ2v) is 6.54. The molecule has 4 atom stereocenters. The van der Waals surface area contributed by atoms with Crippen LogP contribution in [0.2, 0.25) is 0 Å². The maximum atomic E-state index is 11.3. The van der Waals surface area contributed by atoms with Crippen LogP contribution in [0.15, 0.2) is 12.7 Å². The standard InChI is InChI=1S/C11H16N5O6P/c1-20-23(18,19)21-3-6-2-7(17)11(22-6)16-5-15-8-9(12)13-4-14-10(8)16/h4-7,11,17H,2-3H2,1H3,(H,18,19)(H2,12,13,14)/t6-,7?,11+/m1/s1. The Bertz CT molecular complexity index is 754. The van der Waals surface area contributed by atoms with E-state index < -0.39 is 26.3 Å². The smallest absolute Gasteiger partial charge is 0.388 e. The normalized spacial score (nSPS) is 27.3. The molecule has 126 valence electrons. The Kier molecular flexibility index (Phi) is 4.32. The Balaban J connectivity index is 1.76. The first-order valence-corrected chi connectivity index (χ1v) is 8.20. The molecule has 1 aliphatic heterocycles. The van der Waals surface area contributed by atoms with Gasteiger partial charge in [0, 0.05) is 13.5 Å². The van der Waals surface area contributed by atoms with Gasteiger partial charge < -0.3 is 20.5 Å². The van der Waals surface area contributed by atoms with Gasteiger partial charge in [-0.1, -0.05) is 0 Å². The van der Waals surface area contributed by atoms with Crippen LogP contribution < -0.4 is 5.73 Å². The molecule has 11 nitrogen and oxygen atoms in total. The molecule has 0 aromatic carbocycles. The number of ether oxygens (including phenoxy) is 1. The number of aliphatic hydroxyl groups excluding tert-OH is 1. The SMILES string of the molecule is COP(=O)(O)OC[C@H]1CC(O)[C@@H](n2cnc3c(N)ncnc32)O1. The highest BCUT2D eigenvalue weighted by atomic mass is 31.2. The van der Waals surface area contributed by atoms with Crippen molar-refractivity contribution in [2.45, 2.75) is 24.9 Å². The lowest BCUT2D eigenvalue weighted by Gasteiger charge is -2.17. The first-order valence-electron chi connectivity index (χ1n) is 6.71. The number of nitrogen functional groups attached to an aromatic ring is 1. The summed E-state index contributed by atoms with van der Waals surface area (Å²) in [6.45, 7) is -0.196. The van der Waals surface area contributed by atoms with Crippen molar-refractivity contribution in [3.63, 3.8) is 0 Å². The second-order valence-electron chi connectivity index (χ2n) is 4.98.